The summed E-state index contributed by atoms with van der Waals surface area (Å²) in [5.41, 5.74) is 7.33. The van der Waals surface area contributed by atoms with Gasteiger partial charge in [-0.2, -0.15) is 0 Å². The third kappa shape index (κ3) is 2.58. The number of fused-ring (bicyclic) bond motifs is 3. The largest absolute Gasteiger partial charge is 0.0683 e. The average Bonchev–Trinajstić information content (AvgIpc) is 2.86. The van der Waals surface area contributed by atoms with E-state index < -0.39 is 0 Å². The first kappa shape index (κ1) is 13.9. The van der Waals surface area contributed by atoms with E-state index in [0.29, 0.717) is 5.92 Å². The maximum atomic E-state index is 2.40. The third-order valence-electron chi connectivity index (χ3n) is 4.00. The van der Waals surface area contributed by atoms with E-state index in [0.717, 1.165) is 6.42 Å². The molecule has 1 unspecified atom stereocenters. The van der Waals surface area contributed by atoms with Crippen LogP contribution in [0.4, 0.5) is 0 Å². The van der Waals surface area contributed by atoms with Gasteiger partial charge in [-0.25, -0.2) is 0 Å². The van der Waals surface area contributed by atoms with Gasteiger partial charge in [-0.15, -0.1) is 0 Å². The Balaban J connectivity index is 0.000000637. The lowest BCUT2D eigenvalue weighted by Crippen LogP contribution is -1.92. The van der Waals surface area contributed by atoms with Gasteiger partial charge in [-0.1, -0.05) is 70.2 Å². The van der Waals surface area contributed by atoms with E-state index in [1.807, 2.05) is 13.8 Å². The zero-order valence-electron chi connectivity index (χ0n) is 12.5. The van der Waals surface area contributed by atoms with Gasteiger partial charge >= 0.3 is 0 Å². The predicted molar refractivity (Wildman–Crippen MR) is 84.7 cm³/mol. The Bertz CT molecular complexity index is 552. The Hall–Kier alpha value is -1.56. The predicted octanol–water partition coefficient (Wildman–Crippen LogP) is 5.80. The zero-order valence-corrected chi connectivity index (χ0v) is 12.5. The molecule has 0 amide bonds. The van der Waals surface area contributed by atoms with Crippen molar-refractivity contribution in [1.29, 1.82) is 0 Å². The van der Waals surface area contributed by atoms with Gasteiger partial charge in [0.1, 0.15) is 0 Å². The summed E-state index contributed by atoms with van der Waals surface area (Å²) in [4.78, 5) is 0. The fourth-order valence-electron chi connectivity index (χ4n) is 2.68. The Kier molecular flexibility index (Phi) is 4.42. The second kappa shape index (κ2) is 6.06. The van der Waals surface area contributed by atoms with Crippen LogP contribution in [-0.4, -0.2) is 0 Å². The first-order valence-electron chi connectivity index (χ1n) is 7.50. The van der Waals surface area contributed by atoms with Crippen molar-refractivity contribution in [2.24, 2.45) is 0 Å². The maximum absolute atomic E-state index is 2.40. The van der Waals surface area contributed by atoms with Crippen molar-refractivity contribution in [3.05, 3.63) is 59.2 Å². The molecular weight excluding hydrogens is 228 g/mol. The molecule has 0 nitrogen and oxygen atoms in total. The molecule has 0 radical (unpaired) electrons. The van der Waals surface area contributed by atoms with Crippen molar-refractivity contribution < 1.29 is 0 Å². The van der Waals surface area contributed by atoms with Crippen LogP contribution in [0.15, 0.2) is 42.5 Å². The van der Waals surface area contributed by atoms with E-state index in [2.05, 4.69) is 56.3 Å². The molecule has 2 aromatic carbocycles. The van der Waals surface area contributed by atoms with Crippen LogP contribution in [-0.2, 0) is 6.42 Å². The summed E-state index contributed by atoms with van der Waals surface area (Å²) in [7, 11) is 0. The minimum absolute atomic E-state index is 0.660. The van der Waals surface area contributed by atoms with Gasteiger partial charge in [0.2, 0.25) is 0 Å². The molecule has 0 aliphatic heterocycles. The summed E-state index contributed by atoms with van der Waals surface area (Å²) in [5, 5.41) is 0. The molecule has 2 aromatic rings. The molecule has 0 aromatic heterocycles. The SMILES string of the molecule is CC.CCC(C)c1ccc2c(c1)-c1ccccc1C2. The normalized spacial score (nSPS) is 13.1. The molecule has 0 heteroatoms. The second-order valence-electron chi connectivity index (χ2n) is 5.06. The van der Waals surface area contributed by atoms with E-state index in [-0.39, 0.29) is 0 Å². The molecule has 19 heavy (non-hydrogen) atoms. The summed E-state index contributed by atoms with van der Waals surface area (Å²) in [6.07, 6.45) is 2.31. The van der Waals surface area contributed by atoms with E-state index >= 15 is 0 Å². The molecular formula is C19H24. The highest BCUT2D eigenvalue weighted by atomic mass is 14.2. The van der Waals surface area contributed by atoms with Crippen LogP contribution >= 0.6 is 0 Å². The lowest BCUT2D eigenvalue weighted by molar-refractivity contribution is 0.733. The van der Waals surface area contributed by atoms with Gasteiger partial charge in [-0.05, 0) is 46.6 Å². The summed E-state index contributed by atoms with van der Waals surface area (Å²) in [6, 6.07) is 15.8. The molecule has 0 heterocycles. The minimum Gasteiger partial charge on any atom is -0.0683 e. The van der Waals surface area contributed by atoms with Crippen molar-refractivity contribution in [2.45, 2.75) is 46.5 Å². The topological polar surface area (TPSA) is 0 Å². The van der Waals surface area contributed by atoms with Gasteiger partial charge in [-0.3, -0.25) is 0 Å². The Labute approximate surface area is 117 Å². The molecule has 0 spiro atoms. The molecule has 0 saturated carbocycles. The quantitative estimate of drug-likeness (QED) is 0.541. The molecule has 0 N–H and O–H groups in total. The summed E-state index contributed by atoms with van der Waals surface area (Å²) in [5.74, 6) is 0.660. The Morgan fingerprint density at radius 2 is 1.63 bits per heavy atom. The van der Waals surface area contributed by atoms with Crippen molar-refractivity contribution in [3.8, 4) is 11.1 Å². The van der Waals surface area contributed by atoms with E-state index in [1.165, 1.54) is 34.2 Å². The molecule has 1 aliphatic carbocycles. The highest BCUT2D eigenvalue weighted by Crippen LogP contribution is 2.38. The summed E-state index contributed by atoms with van der Waals surface area (Å²) >= 11 is 0. The third-order valence-corrected chi connectivity index (χ3v) is 4.00. The Morgan fingerprint density at radius 1 is 0.947 bits per heavy atom. The monoisotopic (exact) mass is 252 g/mol. The Morgan fingerprint density at radius 3 is 2.37 bits per heavy atom. The minimum atomic E-state index is 0.660. The second-order valence-corrected chi connectivity index (χ2v) is 5.06. The fraction of sp³-hybridized carbons (Fsp3) is 0.368. The van der Waals surface area contributed by atoms with Crippen LogP contribution in [0, 0.1) is 0 Å². The lowest BCUT2D eigenvalue weighted by atomic mass is 9.94. The summed E-state index contributed by atoms with van der Waals surface area (Å²) < 4.78 is 0. The number of benzene rings is 2. The maximum Gasteiger partial charge on any atom is -0.00135 e. The highest BCUT2D eigenvalue weighted by Gasteiger charge is 2.18. The van der Waals surface area contributed by atoms with Crippen LogP contribution in [0.25, 0.3) is 11.1 Å². The molecule has 1 aliphatic rings. The van der Waals surface area contributed by atoms with Gasteiger partial charge in [0, 0.05) is 0 Å². The van der Waals surface area contributed by atoms with Crippen LogP contribution < -0.4 is 0 Å². The highest BCUT2D eigenvalue weighted by molar-refractivity contribution is 5.77. The average molecular weight is 252 g/mol. The van der Waals surface area contributed by atoms with Gasteiger partial charge < -0.3 is 0 Å². The molecule has 100 valence electrons. The van der Waals surface area contributed by atoms with Crippen LogP contribution in [0.2, 0.25) is 0 Å². The van der Waals surface area contributed by atoms with Crippen molar-refractivity contribution in [1.82, 2.24) is 0 Å². The van der Waals surface area contributed by atoms with Crippen LogP contribution in [0.5, 0.6) is 0 Å². The smallest absolute Gasteiger partial charge is 0.00135 e. The first-order valence-corrected chi connectivity index (χ1v) is 7.50. The molecule has 0 fully saturated rings. The lowest BCUT2D eigenvalue weighted by Gasteiger charge is -2.11. The van der Waals surface area contributed by atoms with E-state index in [1.54, 1.807) is 0 Å². The molecule has 1 atom stereocenters. The first-order chi connectivity index (χ1) is 9.29. The van der Waals surface area contributed by atoms with Gasteiger partial charge in [0.15, 0.2) is 0 Å². The molecule has 0 saturated heterocycles. The molecule has 0 bridgehead atoms. The van der Waals surface area contributed by atoms with E-state index in [9.17, 15) is 0 Å². The summed E-state index contributed by atoms with van der Waals surface area (Å²) in [6.45, 7) is 8.56. The van der Waals surface area contributed by atoms with Crippen molar-refractivity contribution >= 4 is 0 Å². The van der Waals surface area contributed by atoms with Crippen LogP contribution in [0.3, 0.4) is 0 Å². The number of rotatable bonds is 2. The molecule has 3 rings (SSSR count). The number of hydrogen-bond donors (Lipinski definition) is 0. The zero-order chi connectivity index (χ0) is 13.8. The standard InChI is InChI=1S/C17H18.C2H6/c1-3-12(2)13-8-9-15-10-14-6-4-5-7-16(14)17(15)11-13;1-2/h4-9,11-12H,3,10H2,1-2H3;1-2H3. The van der Waals surface area contributed by atoms with E-state index in [4.69, 9.17) is 0 Å². The van der Waals surface area contributed by atoms with Gasteiger partial charge in [0.25, 0.3) is 0 Å². The van der Waals surface area contributed by atoms with Crippen molar-refractivity contribution in [2.75, 3.05) is 0 Å². The number of hydrogen-bond acceptors (Lipinski definition) is 0. The van der Waals surface area contributed by atoms with Gasteiger partial charge in [0.05, 0.1) is 0 Å². The fourth-order valence-corrected chi connectivity index (χ4v) is 2.68. The van der Waals surface area contributed by atoms with Crippen molar-refractivity contribution in [3.63, 3.8) is 0 Å². The van der Waals surface area contributed by atoms with Crippen LogP contribution in [0.1, 0.15) is 56.7 Å².